The summed E-state index contributed by atoms with van der Waals surface area (Å²) in [6, 6.07) is 8.55. The lowest BCUT2D eigenvalue weighted by atomic mass is 10.0. The Bertz CT molecular complexity index is 727. The van der Waals surface area contributed by atoms with Gasteiger partial charge in [0.2, 0.25) is 0 Å². The van der Waals surface area contributed by atoms with Gasteiger partial charge in [-0.25, -0.2) is 9.97 Å². The number of benzene rings is 1. The Morgan fingerprint density at radius 2 is 1.85 bits per heavy atom. The average molecular weight is 284 g/mol. The highest BCUT2D eigenvalue weighted by Gasteiger charge is 2.12. The summed E-state index contributed by atoms with van der Waals surface area (Å²) < 4.78 is 2.10. The molecule has 0 bridgehead atoms. The summed E-state index contributed by atoms with van der Waals surface area (Å²) in [6.45, 7) is 4.27. The molecule has 0 radical (unpaired) electrons. The van der Waals surface area contributed by atoms with Crippen LogP contribution in [0.2, 0.25) is 0 Å². The molecule has 0 saturated carbocycles. The molecule has 0 saturated heterocycles. The maximum Gasteiger partial charge on any atom is 0.180 e. The second kappa shape index (κ2) is 5.09. The van der Waals surface area contributed by atoms with Crippen LogP contribution >= 0.6 is 11.3 Å². The van der Waals surface area contributed by atoms with Crippen LogP contribution in [0.5, 0.6) is 0 Å². The summed E-state index contributed by atoms with van der Waals surface area (Å²) in [6.07, 6.45) is 3.94. The SMILES string of the molecule is CC(C)n1cnc(-c2ccccc2-c2csc(N)n2)c1. The lowest BCUT2D eigenvalue weighted by Gasteiger charge is -2.06. The molecule has 0 amide bonds. The molecule has 3 aromatic rings. The van der Waals surface area contributed by atoms with Crippen molar-refractivity contribution in [3.8, 4) is 22.5 Å². The van der Waals surface area contributed by atoms with Gasteiger partial charge in [0.25, 0.3) is 0 Å². The third-order valence-electron chi connectivity index (χ3n) is 3.20. The van der Waals surface area contributed by atoms with E-state index in [2.05, 4.69) is 46.7 Å². The van der Waals surface area contributed by atoms with Crippen molar-refractivity contribution in [2.75, 3.05) is 5.73 Å². The van der Waals surface area contributed by atoms with E-state index in [0.717, 1.165) is 22.5 Å². The van der Waals surface area contributed by atoms with E-state index in [0.29, 0.717) is 11.2 Å². The standard InChI is InChI=1S/C15H16N4S/c1-10(2)19-7-13(17-9-19)11-5-3-4-6-12(11)14-8-20-15(16)18-14/h3-10H,1-2H3,(H2,16,18). The first-order valence-corrected chi connectivity index (χ1v) is 7.37. The van der Waals surface area contributed by atoms with Crippen LogP contribution in [0.25, 0.3) is 22.5 Å². The molecular formula is C15H16N4S. The predicted octanol–water partition coefficient (Wildman–Crippen LogP) is 3.84. The van der Waals surface area contributed by atoms with E-state index >= 15 is 0 Å². The summed E-state index contributed by atoms with van der Waals surface area (Å²) in [5.41, 5.74) is 9.75. The minimum absolute atomic E-state index is 0.401. The topological polar surface area (TPSA) is 56.7 Å². The Morgan fingerprint density at radius 1 is 1.15 bits per heavy atom. The van der Waals surface area contributed by atoms with Crippen LogP contribution in [0.4, 0.5) is 5.13 Å². The molecule has 0 aliphatic rings. The lowest BCUT2D eigenvalue weighted by molar-refractivity contribution is 0.600. The van der Waals surface area contributed by atoms with Gasteiger partial charge in [-0.3, -0.25) is 0 Å². The monoisotopic (exact) mass is 284 g/mol. The molecule has 0 aliphatic carbocycles. The molecule has 0 unspecified atom stereocenters. The normalized spacial score (nSPS) is 11.2. The van der Waals surface area contributed by atoms with Crippen molar-refractivity contribution in [3.63, 3.8) is 0 Å². The van der Waals surface area contributed by atoms with Crippen LogP contribution in [0, 0.1) is 0 Å². The van der Waals surface area contributed by atoms with Gasteiger partial charge in [-0.05, 0) is 13.8 Å². The van der Waals surface area contributed by atoms with Gasteiger partial charge in [0.15, 0.2) is 5.13 Å². The number of hydrogen-bond donors (Lipinski definition) is 1. The van der Waals surface area contributed by atoms with Gasteiger partial charge < -0.3 is 10.3 Å². The molecule has 4 nitrogen and oxygen atoms in total. The average Bonchev–Trinajstić information content (AvgIpc) is 3.07. The minimum Gasteiger partial charge on any atom is -0.375 e. The molecule has 0 spiro atoms. The molecule has 0 atom stereocenters. The molecule has 2 heterocycles. The fourth-order valence-corrected chi connectivity index (χ4v) is 2.66. The smallest absolute Gasteiger partial charge is 0.180 e. The second-order valence-corrected chi connectivity index (χ2v) is 5.81. The van der Waals surface area contributed by atoms with Gasteiger partial charge in [-0.1, -0.05) is 24.3 Å². The van der Waals surface area contributed by atoms with E-state index in [1.54, 1.807) is 0 Å². The number of nitrogen functional groups attached to an aromatic ring is 1. The predicted molar refractivity (Wildman–Crippen MR) is 83.6 cm³/mol. The molecule has 20 heavy (non-hydrogen) atoms. The highest BCUT2D eigenvalue weighted by Crippen LogP contribution is 2.32. The van der Waals surface area contributed by atoms with E-state index in [-0.39, 0.29) is 0 Å². The van der Waals surface area contributed by atoms with E-state index in [1.165, 1.54) is 11.3 Å². The first kappa shape index (κ1) is 12.9. The van der Waals surface area contributed by atoms with Crippen molar-refractivity contribution in [3.05, 3.63) is 42.2 Å². The Hall–Kier alpha value is -2.14. The number of aromatic nitrogens is 3. The number of imidazole rings is 1. The van der Waals surface area contributed by atoms with Gasteiger partial charge in [0.05, 0.1) is 17.7 Å². The van der Waals surface area contributed by atoms with Crippen LogP contribution in [0.1, 0.15) is 19.9 Å². The van der Waals surface area contributed by atoms with Crippen LogP contribution in [-0.4, -0.2) is 14.5 Å². The molecule has 0 fully saturated rings. The Labute approximate surface area is 121 Å². The van der Waals surface area contributed by atoms with Crippen molar-refractivity contribution in [2.24, 2.45) is 0 Å². The summed E-state index contributed by atoms with van der Waals surface area (Å²) in [5, 5.41) is 2.57. The molecule has 1 aromatic carbocycles. The lowest BCUT2D eigenvalue weighted by Crippen LogP contribution is -1.95. The molecular weight excluding hydrogens is 268 g/mol. The van der Waals surface area contributed by atoms with Crippen LogP contribution < -0.4 is 5.73 Å². The number of thiazole rings is 1. The summed E-state index contributed by atoms with van der Waals surface area (Å²) in [7, 11) is 0. The van der Waals surface area contributed by atoms with Crippen molar-refractivity contribution >= 4 is 16.5 Å². The van der Waals surface area contributed by atoms with Crippen molar-refractivity contribution in [1.29, 1.82) is 0 Å². The van der Waals surface area contributed by atoms with Gasteiger partial charge >= 0.3 is 0 Å². The van der Waals surface area contributed by atoms with Crippen molar-refractivity contribution < 1.29 is 0 Å². The molecule has 2 aromatic heterocycles. The van der Waals surface area contributed by atoms with Gasteiger partial charge in [0.1, 0.15) is 0 Å². The molecule has 2 N–H and O–H groups in total. The van der Waals surface area contributed by atoms with Crippen LogP contribution in [0.15, 0.2) is 42.2 Å². The first-order valence-electron chi connectivity index (χ1n) is 6.49. The largest absolute Gasteiger partial charge is 0.375 e. The maximum atomic E-state index is 5.74. The van der Waals surface area contributed by atoms with Gasteiger partial charge in [0, 0.05) is 28.7 Å². The molecule has 3 rings (SSSR count). The number of hydrogen-bond acceptors (Lipinski definition) is 4. The Kier molecular flexibility index (Phi) is 3.28. The van der Waals surface area contributed by atoms with E-state index in [1.807, 2.05) is 23.8 Å². The number of anilines is 1. The highest BCUT2D eigenvalue weighted by atomic mass is 32.1. The quantitative estimate of drug-likeness (QED) is 0.795. The summed E-state index contributed by atoms with van der Waals surface area (Å²) in [5.74, 6) is 0. The minimum atomic E-state index is 0.401. The van der Waals surface area contributed by atoms with Crippen LogP contribution in [0.3, 0.4) is 0 Å². The molecule has 102 valence electrons. The molecule has 5 heteroatoms. The number of nitrogens with two attached hydrogens (primary N) is 1. The zero-order chi connectivity index (χ0) is 14.1. The third-order valence-corrected chi connectivity index (χ3v) is 3.87. The van der Waals surface area contributed by atoms with E-state index in [4.69, 9.17) is 5.73 Å². The zero-order valence-electron chi connectivity index (χ0n) is 11.4. The Balaban J connectivity index is 2.09. The van der Waals surface area contributed by atoms with Crippen LogP contribution in [-0.2, 0) is 0 Å². The third kappa shape index (κ3) is 2.32. The first-order chi connectivity index (χ1) is 9.65. The van der Waals surface area contributed by atoms with Crippen molar-refractivity contribution in [2.45, 2.75) is 19.9 Å². The van der Waals surface area contributed by atoms with Crippen molar-refractivity contribution in [1.82, 2.24) is 14.5 Å². The second-order valence-electron chi connectivity index (χ2n) is 4.92. The fraction of sp³-hybridized carbons (Fsp3) is 0.200. The summed E-state index contributed by atoms with van der Waals surface area (Å²) >= 11 is 1.45. The summed E-state index contributed by atoms with van der Waals surface area (Å²) in [4.78, 5) is 8.88. The number of nitrogens with zero attached hydrogens (tertiary/aromatic N) is 3. The Morgan fingerprint density at radius 3 is 2.40 bits per heavy atom. The van der Waals surface area contributed by atoms with E-state index in [9.17, 15) is 0 Å². The van der Waals surface area contributed by atoms with E-state index < -0.39 is 0 Å². The fourth-order valence-electron chi connectivity index (χ4n) is 2.10. The zero-order valence-corrected chi connectivity index (χ0v) is 12.3. The van der Waals surface area contributed by atoms with Gasteiger partial charge in [-0.15, -0.1) is 11.3 Å². The maximum absolute atomic E-state index is 5.74. The van der Waals surface area contributed by atoms with Gasteiger partial charge in [-0.2, -0.15) is 0 Å². The number of rotatable bonds is 3. The molecule has 0 aliphatic heterocycles. The highest BCUT2D eigenvalue weighted by molar-refractivity contribution is 7.13.